The second-order valence-corrected chi connectivity index (χ2v) is 6.69. The van der Waals surface area contributed by atoms with Crippen LogP contribution >= 0.6 is 0 Å². The third kappa shape index (κ3) is 3.54. The molecule has 1 aliphatic rings. The van der Waals surface area contributed by atoms with Gasteiger partial charge in [-0.1, -0.05) is 0 Å². The van der Waals surface area contributed by atoms with E-state index in [9.17, 15) is 14.5 Å². The first-order chi connectivity index (χ1) is 13.0. The number of morpholine rings is 1. The van der Waals surface area contributed by atoms with Crippen molar-refractivity contribution in [3.05, 3.63) is 64.2 Å². The largest absolute Gasteiger partial charge is 0.376 e. The molecule has 0 saturated carbocycles. The lowest BCUT2D eigenvalue weighted by atomic mass is 10.2. The molecule has 0 aliphatic carbocycles. The monoisotopic (exact) mass is 370 g/mol. The minimum atomic E-state index is -0.431. The second kappa shape index (κ2) is 7.05. The highest BCUT2D eigenvalue weighted by atomic mass is 19.1. The molecule has 1 aromatic heterocycles. The summed E-state index contributed by atoms with van der Waals surface area (Å²) in [7, 11) is 0. The van der Waals surface area contributed by atoms with Crippen LogP contribution in [0.3, 0.4) is 0 Å². The standard InChI is InChI=1S/C19H19FN4O3/c1-13-11-22(8-9-27-13)12-19-21-17-10-16(24(25)26)6-7-18(17)23(19)15-4-2-14(20)3-5-15/h2-7,10,13H,8-9,11-12H2,1H3/t13-/m0/s1. The van der Waals surface area contributed by atoms with E-state index < -0.39 is 4.92 Å². The van der Waals surface area contributed by atoms with Crippen molar-refractivity contribution in [2.24, 2.45) is 0 Å². The number of non-ortho nitro benzene ring substituents is 1. The van der Waals surface area contributed by atoms with Crippen LogP contribution in [0.5, 0.6) is 0 Å². The Hall–Kier alpha value is -2.84. The second-order valence-electron chi connectivity index (χ2n) is 6.69. The molecule has 2 heterocycles. The summed E-state index contributed by atoms with van der Waals surface area (Å²) in [5.41, 5.74) is 2.07. The van der Waals surface area contributed by atoms with Gasteiger partial charge in [-0.05, 0) is 37.3 Å². The average molecular weight is 370 g/mol. The molecule has 2 aromatic carbocycles. The van der Waals surface area contributed by atoms with Gasteiger partial charge in [0.1, 0.15) is 11.6 Å². The summed E-state index contributed by atoms with van der Waals surface area (Å²) in [5.74, 6) is 0.438. The van der Waals surface area contributed by atoms with Crippen LogP contribution in [0.1, 0.15) is 12.7 Å². The van der Waals surface area contributed by atoms with E-state index >= 15 is 0 Å². The average Bonchev–Trinajstić information content (AvgIpc) is 2.99. The van der Waals surface area contributed by atoms with Crippen molar-refractivity contribution < 1.29 is 14.1 Å². The maximum Gasteiger partial charge on any atom is 0.271 e. The van der Waals surface area contributed by atoms with Crippen LogP contribution in [0, 0.1) is 15.9 Å². The van der Waals surface area contributed by atoms with E-state index in [0.29, 0.717) is 18.7 Å². The van der Waals surface area contributed by atoms with Crippen LogP contribution in [0.25, 0.3) is 16.7 Å². The lowest BCUT2D eigenvalue weighted by Crippen LogP contribution is -2.40. The molecule has 1 atom stereocenters. The summed E-state index contributed by atoms with van der Waals surface area (Å²) in [6.07, 6.45) is 0.142. The Morgan fingerprint density at radius 1 is 1.30 bits per heavy atom. The van der Waals surface area contributed by atoms with Gasteiger partial charge in [0.05, 0.1) is 35.2 Å². The Bertz CT molecular complexity index is 987. The number of nitrogens with zero attached hydrogens (tertiary/aromatic N) is 4. The fraction of sp³-hybridized carbons (Fsp3) is 0.316. The minimum absolute atomic E-state index is 0.00204. The Morgan fingerprint density at radius 3 is 2.78 bits per heavy atom. The Kier molecular flexibility index (Phi) is 4.59. The summed E-state index contributed by atoms with van der Waals surface area (Å²) in [6, 6.07) is 10.8. The smallest absolute Gasteiger partial charge is 0.271 e. The van der Waals surface area contributed by atoms with E-state index in [1.54, 1.807) is 18.2 Å². The van der Waals surface area contributed by atoms with Gasteiger partial charge < -0.3 is 4.74 Å². The van der Waals surface area contributed by atoms with Crippen LogP contribution in [0.2, 0.25) is 0 Å². The normalized spacial score (nSPS) is 18.1. The highest BCUT2D eigenvalue weighted by Crippen LogP contribution is 2.26. The molecule has 27 heavy (non-hydrogen) atoms. The zero-order valence-corrected chi connectivity index (χ0v) is 14.8. The lowest BCUT2D eigenvalue weighted by molar-refractivity contribution is -0.384. The number of hydrogen-bond donors (Lipinski definition) is 0. The molecule has 0 amide bonds. The molecule has 1 aliphatic heterocycles. The molecule has 0 radical (unpaired) electrons. The number of hydrogen-bond acceptors (Lipinski definition) is 5. The van der Waals surface area contributed by atoms with Crippen molar-refractivity contribution in [3.8, 4) is 5.69 Å². The van der Waals surface area contributed by atoms with Crippen LogP contribution in [-0.2, 0) is 11.3 Å². The molecular formula is C19H19FN4O3. The van der Waals surface area contributed by atoms with Gasteiger partial charge in [0.25, 0.3) is 5.69 Å². The van der Waals surface area contributed by atoms with Crippen molar-refractivity contribution in [1.82, 2.24) is 14.5 Å². The van der Waals surface area contributed by atoms with E-state index in [1.165, 1.54) is 24.3 Å². The van der Waals surface area contributed by atoms with Gasteiger partial charge >= 0.3 is 0 Å². The predicted molar refractivity (Wildman–Crippen MR) is 98.4 cm³/mol. The van der Waals surface area contributed by atoms with E-state index in [1.807, 2.05) is 11.5 Å². The van der Waals surface area contributed by atoms with Gasteiger partial charge in [-0.15, -0.1) is 0 Å². The predicted octanol–water partition coefficient (Wildman–Crippen LogP) is 3.29. The summed E-state index contributed by atoms with van der Waals surface area (Å²) in [4.78, 5) is 17.6. The molecule has 7 nitrogen and oxygen atoms in total. The van der Waals surface area contributed by atoms with Crippen molar-refractivity contribution in [1.29, 1.82) is 0 Å². The Balaban J connectivity index is 1.80. The number of ether oxygens (including phenoxy) is 1. The van der Waals surface area contributed by atoms with Crippen LogP contribution < -0.4 is 0 Å². The SMILES string of the molecule is C[C@H]1CN(Cc2nc3cc([N+](=O)[O-])ccc3n2-c2ccc(F)cc2)CCO1. The molecule has 0 spiro atoms. The summed E-state index contributed by atoms with van der Waals surface area (Å²) < 4.78 is 20.9. The molecule has 1 fully saturated rings. The van der Waals surface area contributed by atoms with Crippen molar-refractivity contribution in [2.45, 2.75) is 19.6 Å². The number of halogens is 1. The zero-order valence-electron chi connectivity index (χ0n) is 14.8. The fourth-order valence-electron chi connectivity index (χ4n) is 3.45. The first-order valence-corrected chi connectivity index (χ1v) is 8.77. The number of aromatic nitrogens is 2. The van der Waals surface area contributed by atoms with Crippen LogP contribution in [0.4, 0.5) is 10.1 Å². The first kappa shape index (κ1) is 17.6. The zero-order chi connectivity index (χ0) is 19.0. The summed E-state index contributed by atoms with van der Waals surface area (Å²) in [6.45, 7) is 4.83. The van der Waals surface area contributed by atoms with Gasteiger partial charge in [-0.3, -0.25) is 19.6 Å². The molecular weight excluding hydrogens is 351 g/mol. The lowest BCUT2D eigenvalue weighted by Gasteiger charge is -2.30. The van der Waals surface area contributed by atoms with E-state index in [-0.39, 0.29) is 17.6 Å². The molecule has 0 unspecified atom stereocenters. The number of nitro groups is 1. The van der Waals surface area contributed by atoms with E-state index in [0.717, 1.165) is 30.1 Å². The fourth-order valence-corrected chi connectivity index (χ4v) is 3.45. The topological polar surface area (TPSA) is 73.4 Å². The number of benzene rings is 2. The molecule has 0 N–H and O–H groups in total. The highest BCUT2D eigenvalue weighted by Gasteiger charge is 2.21. The van der Waals surface area contributed by atoms with E-state index in [2.05, 4.69) is 9.88 Å². The summed E-state index contributed by atoms with van der Waals surface area (Å²) in [5, 5.41) is 11.1. The maximum atomic E-state index is 13.4. The maximum absolute atomic E-state index is 13.4. The molecule has 3 aromatic rings. The van der Waals surface area contributed by atoms with Crippen molar-refractivity contribution >= 4 is 16.7 Å². The van der Waals surface area contributed by atoms with Crippen LogP contribution in [-0.4, -0.2) is 45.2 Å². The molecule has 8 heteroatoms. The van der Waals surface area contributed by atoms with Gasteiger partial charge in [-0.2, -0.15) is 0 Å². The Morgan fingerprint density at radius 2 is 2.07 bits per heavy atom. The van der Waals surface area contributed by atoms with Gasteiger partial charge in [0.15, 0.2) is 0 Å². The molecule has 1 saturated heterocycles. The molecule has 140 valence electrons. The quantitative estimate of drug-likeness (QED) is 0.520. The first-order valence-electron chi connectivity index (χ1n) is 8.77. The number of imidazole rings is 1. The number of rotatable bonds is 4. The van der Waals surface area contributed by atoms with E-state index in [4.69, 9.17) is 4.74 Å². The third-order valence-corrected chi connectivity index (χ3v) is 4.69. The summed E-state index contributed by atoms with van der Waals surface area (Å²) >= 11 is 0. The van der Waals surface area contributed by atoms with Crippen molar-refractivity contribution in [2.75, 3.05) is 19.7 Å². The van der Waals surface area contributed by atoms with Gasteiger partial charge in [0.2, 0.25) is 0 Å². The highest BCUT2D eigenvalue weighted by molar-refractivity contribution is 5.80. The number of fused-ring (bicyclic) bond motifs is 1. The van der Waals surface area contributed by atoms with Gasteiger partial charge in [0, 0.05) is 30.9 Å². The minimum Gasteiger partial charge on any atom is -0.376 e. The van der Waals surface area contributed by atoms with Gasteiger partial charge in [-0.25, -0.2) is 9.37 Å². The Labute approximate surface area is 155 Å². The van der Waals surface area contributed by atoms with Crippen LogP contribution in [0.15, 0.2) is 42.5 Å². The van der Waals surface area contributed by atoms with Crippen molar-refractivity contribution in [3.63, 3.8) is 0 Å². The molecule has 0 bridgehead atoms. The molecule has 4 rings (SSSR count). The number of nitro benzene ring substituents is 1. The third-order valence-electron chi connectivity index (χ3n) is 4.69.